The first-order valence-corrected chi connectivity index (χ1v) is 9.17. The largest absolute Gasteiger partial charge is 0.495 e. The normalized spacial score (nSPS) is 12.5. The maximum absolute atomic E-state index is 12.4. The van der Waals surface area contributed by atoms with Gasteiger partial charge in [0, 0.05) is 27.7 Å². The van der Waals surface area contributed by atoms with Crippen molar-refractivity contribution in [3.63, 3.8) is 0 Å². The summed E-state index contributed by atoms with van der Waals surface area (Å²) in [6, 6.07) is 3.88. The van der Waals surface area contributed by atoms with Crippen molar-refractivity contribution >= 4 is 21.9 Å². The molecule has 0 radical (unpaired) electrons. The molecule has 0 saturated carbocycles. The van der Waals surface area contributed by atoms with Crippen LogP contribution >= 0.6 is 0 Å². The fraction of sp³-hybridized carbons (Fsp3) is 0.500. The number of benzene rings is 1. The highest BCUT2D eigenvalue weighted by Gasteiger charge is 2.25. The average Bonchev–Trinajstić information content (AvgIpc) is 2.60. The molecule has 0 saturated heterocycles. The number of hydrogen-bond donors (Lipinski definition) is 1. The summed E-state index contributed by atoms with van der Waals surface area (Å²) in [7, 11) is 1.73. The summed E-state index contributed by atoms with van der Waals surface area (Å²) in [5.41, 5.74) is -0.0113. The van der Waals surface area contributed by atoms with Gasteiger partial charge in [0.25, 0.3) is 5.91 Å². The second-order valence-electron chi connectivity index (χ2n) is 5.48. The number of sulfonamides is 1. The van der Waals surface area contributed by atoms with E-state index in [0.717, 1.165) is 10.4 Å². The van der Waals surface area contributed by atoms with Crippen molar-refractivity contribution in [1.82, 2.24) is 9.62 Å². The van der Waals surface area contributed by atoms with Crippen LogP contribution in [0.2, 0.25) is 0 Å². The molecule has 10 heteroatoms. The predicted molar refractivity (Wildman–Crippen MR) is 93.6 cm³/mol. The molecule has 0 aliphatic heterocycles. The minimum atomic E-state index is -3.83. The second kappa shape index (κ2) is 9.51. The zero-order chi connectivity index (χ0) is 19.9. The first-order valence-electron chi connectivity index (χ1n) is 7.73. The van der Waals surface area contributed by atoms with Gasteiger partial charge < -0.3 is 19.5 Å². The van der Waals surface area contributed by atoms with Gasteiger partial charge in [-0.2, -0.15) is 0 Å². The van der Waals surface area contributed by atoms with E-state index in [2.05, 4.69) is 5.32 Å². The van der Waals surface area contributed by atoms with Crippen molar-refractivity contribution in [2.45, 2.75) is 17.9 Å². The molecule has 0 bridgehead atoms. The third-order valence-corrected chi connectivity index (χ3v) is 5.25. The molecule has 9 nitrogen and oxygen atoms in total. The van der Waals surface area contributed by atoms with Gasteiger partial charge in [0.15, 0.2) is 6.10 Å². The number of amides is 1. The molecule has 0 heterocycles. The van der Waals surface area contributed by atoms with Crippen molar-refractivity contribution in [3.05, 3.63) is 23.8 Å². The van der Waals surface area contributed by atoms with E-state index in [1.807, 2.05) is 0 Å². The number of nitrogens with one attached hydrogen (secondary N) is 1. The lowest BCUT2D eigenvalue weighted by Gasteiger charge is -2.16. The van der Waals surface area contributed by atoms with E-state index in [9.17, 15) is 18.0 Å². The van der Waals surface area contributed by atoms with E-state index in [1.54, 1.807) is 0 Å². The molecular formula is C16H24N2O7S. The first-order chi connectivity index (χ1) is 12.1. The molecule has 1 atom stereocenters. The Labute approximate surface area is 153 Å². The molecule has 0 fully saturated rings. The summed E-state index contributed by atoms with van der Waals surface area (Å²) in [5, 5.41) is 2.55. The summed E-state index contributed by atoms with van der Waals surface area (Å²) < 4.78 is 40.7. The minimum Gasteiger partial charge on any atom is -0.495 e. The van der Waals surface area contributed by atoms with Gasteiger partial charge in [-0.3, -0.25) is 4.79 Å². The summed E-state index contributed by atoms with van der Waals surface area (Å²) in [4.78, 5) is 23.9. The van der Waals surface area contributed by atoms with Crippen LogP contribution in [0.4, 0.5) is 0 Å². The Morgan fingerprint density at radius 2 is 1.88 bits per heavy atom. The van der Waals surface area contributed by atoms with Gasteiger partial charge in [-0.15, -0.1) is 0 Å². The van der Waals surface area contributed by atoms with E-state index in [0.29, 0.717) is 6.61 Å². The van der Waals surface area contributed by atoms with Crippen LogP contribution < -0.4 is 10.1 Å². The Bertz CT molecular complexity index is 747. The number of hydrogen-bond acceptors (Lipinski definition) is 7. The second-order valence-corrected chi connectivity index (χ2v) is 7.60. The van der Waals surface area contributed by atoms with Crippen LogP contribution in [0.3, 0.4) is 0 Å². The number of carbonyl (C=O) groups excluding carboxylic acids is 2. The number of carbonyl (C=O) groups is 2. The van der Waals surface area contributed by atoms with Crippen molar-refractivity contribution < 1.29 is 32.2 Å². The van der Waals surface area contributed by atoms with E-state index < -0.39 is 28.0 Å². The van der Waals surface area contributed by atoms with Gasteiger partial charge in [-0.25, -0.2) is 17.5 Å². The van der Waals surface area contributed by atoms with Crippen LogP contribution in [0.5, 0.6) is 5.75 Å². The van der Waals surface area contributed by atoms with E-state index in [1.165, 1.54) is 47.4 Å². The zero-order valence-corrected chi connectivity index (χ0v) is 16.3. The number of rotatable bonds is 9. The van der Waals surface area contributed by atoms with Crippen LogP contribution in [-0.4, -0.2) is 72.2 Å². The lowest BCUT2D eigenvalue weighted by molar-refractivity contribution is -0.129. The van der Waals surface area contributed by atoms with Crippen molar-refractivity contribution in [2.75, 3.05) is 41.5 Å². The molecule has 1 N–H and O–H groups in total. The van der Waals surface area contributed by atoms with Crippen LogP contribution in [0, 0.1) is 0 Å². The lowest BCUT2D eigenvalue weighted by Crippen LogP contribution is -2.37. The van der Waals surface area contributed by atoms with Gasteiger partial charge in [0.1, 0.15) is 10.6 Å². The molecule has 1 rings (SSSR count). The van der Waals surface area contributed by atoms with Gasteiger partial charge in [-0.1, -0.05) is 0 Å². The fourth-order valence-corrected chi connectivity index (χ4v) is 2.98. The van der Waals surface area contributed by atoms with E-state index in [4.69, 9.17) is 14.2 Å². The number of nitrogens with zero attached hydrogens (tertiary/aromatic N) is 1. The molecule has 0 unspecified atom stereocenters. The Morgan fingerprint density at radius 3 is 2.42 bits per heavy atom. The number of ether oxygens (including phenoxy) is 3. The van der Waals surface area contributed by atoms with Crippen LogP contribution in [-0.2, 0) is 24.3 Å². The summed E-state index contributed by atoms with van der Waals surface area (Å²) in [6.45, 7) is 2.03. The molecule has 26 heavy (non-hydrogen) atoms. The smallest absolute Gasteiger partial charge is 0.338 e. The molecule has 146 valence electrons. The van der Waals surface area contributed by atoms with E-state index >= 15 is 0 Å². The van der Waals surface area contributed by atoms with Crippen LogP contribution in [0.1, 0.15) is 17.3 Å². The third-order valence-electron chi connectivity index (χ3n) is 3.42. The number of methoxy groups -OCH3 is 2. The maximum Gasteiger partial charge on any atom is 0.338 e. The molecule has 1 amide bonds. The van der Waals surface area contributed by atoms with Crippen molar-refractivity contribution in [3.8, 4) is 5.75 Å². The standard InChI is InChI=1S/C16H24N2O7S/c1-11(15(19)17-8-9-23-4)25-16(20)12-6-7-13(24-5)14(10-12)26(21,22)18(2)3/h6-7,10-11H,8-9H2,1-5H3,(H,17,19)/t11-/m1/s1. The van der Waals surface area contributed by atoms with Crippen LogP contribution in [0.15, 0.2) is 23.1 Å². The Hall–Kier alpha value is -2.17. The fourth-order valence-electron chi connectivity index (χ4n) is 1.90. The lowest BCUT2D eigenvalue weighted by atomic mass is 10.2. The summed E-state index contributed by atoms with van der Waals surface area (Å²) in [5.74, 6) is -1.21. The average molecular weight is 388 g/mol. The quantitative estimate of drug-likeness (QED) is 0.477. The summed E-state index contributed by atoms with van der Waals surface area (Å²) in [6.07, 6.45) is -1.05. The highest BCUT2D eigenvalue weighted by Crippen LogP contribution is 2.27. The molecule has 0 spiro atoms. The molecule has 0 aliphatic rings. The molecule has 0 aromatic heterocycles. The summed E-state index contributed by atoms with van der Waals surface area (Å²) >= 11 is 0. The first kappa shape index (κ1) is 21.9. The third kappa shape index (κ3) is 5.41. The highest BCUT2D eigenvalue weighted by molar-refractivity contribution is 7.89. The zero-order valence-electron chi connectivity index (χ0n) is 15.4. The molecule has 1 aromatic rings. The Kier molecular flexibility index (Phi) is 8.00. The monoisotopic (exact) mass is 388 g/mol. The van der Waals surface area contributed by atoms with Gasteiger partial charge in [0.2, 0.25) is 10.0 Å². The SMILES string of the molecule is COCCNC(=O)[C@@H](C)OC(=O)c1ccc(OC)c(S(=O)(=O)N(C)C)c1. The van der Waals surface area contributed by atoms with E-state index in [-0.39, 0.29) is 22.8 Å². The maximum atomic E-state index is 12.4. The van der Waals surface area contributed by atoms with Crippen molar-refractivity contribution in [1.29, 1.82) is 0 Å². The minimum absolute atomic E-state index is 0.0113. The van der Waals surface area contributed by atoms with Gasteiger partial charge in [0.05, 0.1) is 19.3 Å². The van der Waals surface area contributed by atoms with Gasteiger partial charge >= 0.3 is 5.97 Å². The van der Waals surface area contributed by atoms with Crippen LogP contribution in [0.25, 0.3) is 0 Å². The molecular weight excluding hydrogens is 364 g/mol. The highest BCUT2D eigenvalue weighted by atomic mass is 32.2. The van der Waals surface area contributed by atoms with Crippen molar-refractivity contribution in [2.24, 2.45) is 0 Å². The predicted octanol–water partition coefficient (Wildman–Crippen LogP) is 0.253. The van der Waals surface area contributed by atoms with Gasteiger partial charge in [-0.05, 0) is 25.1 Å². The molecule has 0 aliphatic carbocycles. The Balaban J connectivity index is 2.99. The Morgan fingerprint density at radius 1 is 1.23 bits per heavy atom. The number of esters is 1. The topological polar surface area (TPSA) is 111 Å². The molecule has 1 aromatic carbocycles.